The van der Waals surface area contributed by atoms with E-state index in [1.54, 1.807) is 0 Å². The highest BCUT2D eigenvalue weighted by Crippen LogP contribution is 2.18. The molecule has 2 aromatic rings. The summed E-state index contributed by atoms with van der Waals surface area (Å²) in [5, 5.41) is 13.3. The molecule has 122 valence electrons. The average molecular weight is 311 g/mol. The summed E-state index contributed by atoms with van der Waals surface area (Å²) in [5.74, 6) is 0.815. The van der Waals surface area contributed by atoms with E-state index in [0.717, 1.165) is 30.7 Å². The van der Waals surface area contributed by atoms with Crippen LogP contribution in [-0.2, 0) is 12.8 Å². The van der Waals surface area contributed by atoms with E-state index < -0.39 is 6.10 Å². The predicted octanol–water partition coefficient (Wildman–Crippen LogP) is 2.99. The summed E-state index contributed by atoms with van der Waals surface area (Å²) in [7, 11) is 0. The summed E-state index contributed by atoms with van der Waals surface area (Å²) in [4.78, 5) is 0. The second-order valence-electron chi connectivity index (χ2n) is 5.51. The Bertz CT molecular complexity index is 583. The van der Waals surface area contributed by atoms with Crippen LogP contribution in [0.4, 0.5) is 0 Å². The van der Waals surface area contributed by atoms with Gasteiger partial charge in [0.25, 0.3) is 0 Å². The van der Waals surface area contributed by atoms with Crippen molar-refractivity contribution in [2.45, 2.75) is 18.9 Å². The maximum atomic E-state index is 10.0. The number of aliphatic hydroxyl groups excluding tert-OH is 1. The van der Waals surface area contributed by atoms with Crippen LogP contribution in [0.25, 0.3) is 0 Å². The summed E-state index contributed by atoms with van der Waals surface area (Å²) in [6, 6.07) is 18.2. The average Bonchev–Trinajstić information content (AvgIpc) is 2.59. The van der Waals surface area contributed by atoms with E-state index in [9.17, 15) is 5.11 Å². The molecule has 2 N–H and O–H groups in total. The molecule has 0 aliphatic carbocycles. The van der Waals surface area contributed by atoms with E-state index in [4.69, 9.17) is 4.74 Å². The van der Waals surface area contributed by atoms with Gasteiger partial charge in [0, 0.05) is 6.54 Å². The normalized spacial score (nSPS) is 11.9. The van der Waals surface area contributed by atoms with Gasteiger partial charge in [-0.1, -0.05) is 54.6 Å². The van der Waals surface area contributed by atoms with Gasteiger partial charge in [-0.15, -0.1) is 6.58 Å². The Morgan fingerprint density at radius 3 is 2.61 bits per heavy atom. The number of benzene rings is 2. The molecule has 0 fully saturated rings. The minimum Gasteiger partial charge on any atom is -0.491 e. The van der Waals surface area contributed by atoms with Crippen LogP contribution >= 0.6 is 0 Å². The molecule has 3 heteroatoms. The first-order valence-corrected chi connectivity index (χ1v) is 8.04. The van der Waals surface area contributed by atoms with E-state index in [-0.39, 0.29) is 6.61 Å². The smallest absolute Gasteiger partial charge is 0.122 e. The molecule has 0 spiro atoms. The Labute approximate surface area is 138 Å². The molecule has 1 unspecified atom stereocenters. The number of aliphatic hydroxyl groups is 1. The van der Waals surface area contributed by atoms with E-state index in [1.165, 1.54) is 5.56 Å². The van der Waals surface area contributed by atoms with Gasteiger partial charge in [0.1, 0.15) is 18.5 Å². The van der Waals surface area contributed by atoms with Crippen molar-refractivity contribution in [2.75, 3.05) is 19.7 Å². The van der Waals surface area contributed by atoms with Gasteiger partial charge in [-0.2, -0.15) is 0 Å². The molecule has 0 bridgehead atoms. The Morgan fingerprint density at radius 2 is 1.83 bits per heavy atom. The quantitative estimate of drug-likeness (QED) is 0.523. The van der Waals surface area contributed by atoms with Crippen LogP contribution in [0.5, 0.6) is 5.75 Å². The maximum Gasteiger partial charge on any atom is 0.122 e. The van der Waals surface area contributed by atoms with Crippen LogP contribution in [0.15, 0.2) is 67.3 Å². The highest BCUT2D eigenvalue weighted by Gasteiger charge is 2.07. The standard InChI is InChI=1S/C20H25NO2/c1-2-8-18-11-6-7-12-20(18)23-16-19(22)15-21-14-13-17-9-4-3-5-10-17/h2-7,9-12,19,21-22H,1,8,13-16H2. The molecule has 3 nitrogen and oxygen atoms in total. The molecule has 23 heavy (non-hydrogen) atoms. The van der Waals surface area contributed by atoms with Gasteiger partial charge in [0.2, 0.25) is 0 Å². The van der Waals surface area contributed by atoms with Gasteiger partial charge in [0.05, 0.1) is 0 Å². The third kappa shape index (κ3) is 6.27. The minimum atomic E-state index is -0.525. The molecule has 2 aromatic carbocycles. The summed E-state index contributed by atoms with van der Waals surface area (Å²) in [6.45, 7) is 5.40. The number of hydrogen-bond acceptors (Lipinski definition) is 3. The molecular formula is C20H25NO2. The lowest BCUT2D eigenvalue weighted by atomic mass is 10.1. The third-order valence-electron chi connectivity index (χ3n) is 3.58. The Morgan fingerprint density at radius 1 is 1.09 bits per heavy atom. The van der Waals surface area contributed by atoms with Crippen LogP contribution in [0.1, 0.15) is 11.1 Å². The summed E-state index contributed by atoms with van der Waals surface area (Å²) in [5.41, 5.74) is 2.39. The zero-order chi connectivity index (χ0) is 16.3. The molecule has 0 aliphatic rings. The van der Waals surface area contributed by atoms with E-state index >= 15 is 0 Å². The second-order valence-corrected chi connectivity index (χ2v) is 5.51. The highest BCUT2D eigenvalue weighted by molar-refractivity contribution is 5.34. The molecule has 0 aliphatic heterocycles. The van der Waals surface area contributed by atoms with Crippen LogP contribution in [-0.4, -0.2) is 30.9 Å². The van der Waals surface area contributed by atoms with E-state index in [0.29, 0.717) is 6.54 Å². The summed E-state index contributed by atoms with van der Waals surface area (Å²) < 4.78 is 5.73. The van der Waals surface area contributed by atoms with E-state index in [1.807, 2.05) is 48.5 Å². The van der Waals surface area contributed by atoms with Crippen molar-refractivity contribution < 1.29 is 9.84 Å². The molecule has 2 rings (SSSR count). The molecule has 0 saturated heterocycles. The van der Waals surface area contributed by atoms with Gasteiger partial charge < -0.3 is 15.2 Å². The van der Waals surface area contributed by atoms with Crippen LogP contribution in [0.2, 0.25) is 0 Å². The molecule has 0 heterocycles. The fourth-order valence-electron chi connectivity index (χ4n) is 2.36. The van der Waals surface area contributed by atoms with Crippen molar-refractivity contribution >= 4 is 0 Å². The second kappa shape index (κ2) is 9.82. The number of nitrogens with one attached hydrogen (secondary N) is 1. The topological polar surface area (TPSA) is 41.5 Å². The first-order chi connectivity index (χ1) is 11.3. The third-order valence-corrected chi connectivity index (χ3v) is 3.58. The van der Waals surface area contributed by atoms with Gasteiger partial charge in [-0.3, -0.25) is 0 Å². The number of ether oxygens (including phenoxy) is 1. The van der Waals surface area contributed by atoms with Crippen LogP contribution in [0, 0.1) is 0 Å². The summed E-state index contributed by atoms with van der Waals surface area (Å²) in [6.07, 6.45) is 3.05. The number of rotatable bonds is 10. The van der Waals surface area contributed by atoms with Crippen molar-refractivity contribution in [3.05, 3.63) is 78.4 Å². The lowest BCUT2D eigenvalue weighted by molar-refractivity contribution is 0.106. The molecule has 0 saturated carbocycles. The zero-order valence-electron chi connectivity index (χ0n) is 13.4. The van der Waals surface area contributed by atoms with Crippen molar-refractivity contribution in [2.24, 2.45) is 0 Å². The Kier molecular flexibility index (Phi) is 7.37. The molecule has 0 amide bonds. The predicted molar refractivity (Wildman–Crippen MR) is 94.9 cm³/mol. The molecule has 0 aromatic heterocycles. The SMILES string of the molecule is C=CCc1ccccc1OCC(O)CNCCc1ccccc1. The van der Waals surface area contributed by atoms with Gasteiger partial charge in [-0.05, 0) is 36.6 Å². The first kappa shape index (κ1) is 17.3. The first-order valence-electron chi connectivity index (χ1n) is 8.04. The fraction of sp³-hybridized carbons (Fsp3) is 0.300. The molecule has 0 radical (unpaired) electrons. The lowest BCUT2D eigenvalue weighted by Crippen LogP contribution is -2.32. The van der Waals surface area contributed by atoms with Gasteiger partial charge >= 0.3 is 0 Å². The van der Waals surface area contributed by atoms with Crippen molar-refractivity contribution in [1.82, 2.24) is 5.32 Å². The largest absolute Gasteiger partial charge is 0.491 e. The van der Waals surface area contributed by atoms with Crippen molar-refractivity contribution in [3.63, 3.8) is 0 Å². The van der Waals surface area contributed by atoms with Crippen LogP contribution in [0.3, 0.4) is 0 Å². The van der Waals surface area contributed by atoms with Crippen molar-refractivity contribution in [1.29, 1.82) is 0 Å². The van der Waals surface area contributed by atoms with Crippen LogP contribution < -0.4 is 10.1 Å². The summed E-state index contributed by atoms with van der Waals surface area (Å²) >= 11 is 0. The minimum absolute atomic E-state index is 0.284. The van der Waals surface area contributed by atoms with E-state index in [2.05, 4.69) is 24.0 Å². The number of allylic oxidation sites excluding steroid dienone is 1. The zero-order valence-corrected chi connectivity index (χ0v) is 13.4. The monoisotopic (exact) mass is 311 g/mol. The lowest BCUT2D eigenvalue weighted by Gasteiger charge is -2.15. The maximum absolute atomic E-state index is 10.0. The number of hydrogen-bond donors (Lipinski definition) is 2. The fourth-order valence-corrected chi connectivity index (χ4v) is 2.36. The molecule has 1 atom stereocenters. The Balaban J connectivity index is 1.67. The van der Waals surface area contributed by atoms with Gasteiger partial charge in [0.15, 0.2) is 0 Å². The highest BCUT2D eigenvalue weighted by atomic mass is 16.5. The van der Waals surface area contributed by atoms with Gasteiger partial charge in [-0.25, -0.2) is 0 Å². The molecular weight excluding hydrogens is 286 g/mol. The number of para-hydroxylation sites is 1. The van der Waals surface area contributed by atoms with Crippen molar-refractivity contribution in [3.8, 4) is 5.75 Å². The Hall–Kier alpha value is -2.10.